The lowest BCUT2D eigenvalue weighted by molar-refractivity contribution is 0.0302. The topological polar surface area (TPSA) is 44.7 Å². The molecule has 0 spiro atoms. The van der Waals surface area contributed by atoms with E-state index in [9.17, 15) is 0 Å². The van der Waals surface area contributed by atoms with Crippen LogP contribution in [0.4, 0.5) is 0 Å². The van der Waals surface area contributed by atoms with E-state index in [1.54, 1.807) is 12.2 Å². The van der Waals surface area contributed by atoms with Gasteiger partial charge in [-0.15, -0.1) is 0 Å². The maximum absolute atomic E-state index is 6.07. The Balaban J connectivity index is 1.83. The van der Waals surface area contributed by atoms with Gasteiger partial charge in [0, 0.05) is 10.9 Å². The zero-order chi connectivity index (χ0) is 16.5. The third-order valence-electron chi connectivity index (χ3n) is 3.89. The summed E-state index contributed by atoms with van der Waals surface area (Å²) in [4.78, 5) is 0. The van der Waals surface area contributed by atoms with Gasteiger partial charge >= 0.3 is 0 Å². The van der Waals surface area contributed by atoms with Crippen molar-refractivity contribution in [3.63, 3.8) is 0 Å². The minimum Gasteiger partial charge on any atom is -0.456 e. The summed E-state index contributed by atoms with van der Waals surface area (Å²) in [5, 5.41) is 1.05. The molecular weight excluding hydrogens is 323 g/mol. The molecule has 0 saturated carbocycles. The van der Waals surface area contributed by atoms with E-state index in [0.717, 1.165) is 27.5 Å². The van der Waals surface area contributed by atoms with Crippen molar-refractivity contribution in [1.82, 2.24) is 0 Å². The zero-order valence-electron chi connectivity index (χ0n) is 13.1. The van der Waals surface area contributed by atoms with Gasteiger partial charge in [-0.25, -0.2) is 0 Å². The van der Waals surface area contributed by atoms with Crippen LogP contribution in [0.1, 0.15) is 11.3 Å². The van der Waals surface area contributed by atoms with Crippen LogP contribution in [-0.2, 0) is 9.47 Å². The largest absolute Gasteiger partial charge is 0.456 e. The number of para-hydroxylation sites is 1. The van der Waals surface area contributed by atoms with Crippen molar-refractivity contribution >= 4 is 42.0 Å². The maximum Gasteiger partial charge on any atom is 0.190 e. The van der Waals surface area contributed by atoms with Gasteiger partial charge in [0.05, 0.1) is 21.1 Å². The number of hydrogen-bond donors (Lipinski definition) is 0. The molecule has 0 amide bonds. The molecule has 1 fully saturated rings. The van der Waals surface area contributed by atoms with Gasteiger partial charge in [0.25, 0.3) is 0 Å². The molecule has 3 heterocycles. The molecule has 0 bridgehead atoms. The highest BCUT2D eigenvalue weighted by molar-refractivity contribution is 7.72. The van der Waals surface area contributed by atoms with E-state index < -0.39 is 7.92 Å². The smallest absolute Gasteiger partial charge is 0.190 e. The lowest BCUT2D eigenvalue weighted by atomic mass is 10.2. The van der Waals surface area contributed by atoms with Crippen molar-refractivity contribution in [3.05, 3.63) is 60.9 Å². The van der Waals surface area contributed by atoms with E-state index in [4.69, 9.17) is 18.3 Å². The van der Waals surface area contributed by atoms with Gasteiger partial charge in [0.1, 0.15) is 22.3 Å². The summed E-state index contributed by atoms with van der Waals surface area (Å²) in [5.41, 5.74) is 3.35. The highest BCUT2D eigenvalue weighted by Gasteiger charge is 2.35. The molecule has 0 N–H and O–H groups in total. The van der Waals surface area contributed by atoms with Crippen molar-refractivity contribution < 1.29 is 18.3 Å². The van der Waals surface area contributed by atoms with Crippen molar-refractivity contribution in [2.24, 2.45) is 0 Å². The van der Waals surface area contributed by atoms with E-state index >= 15 is 0 Å². The lowest BCUT2D eigenvalue weighted by Crippen LogP contribution is -2.20. The Morgan fingerprint density at radius 1 is 0.958 bits per heavy atom. The Kier molecular flexibility index (Phi) is 4.11. The molecule has 0 aliphatic carbocycles. The van der Waals surface area contributed by atoms with Gasteiger partial charge in [0.15, 0.2) is 6.03 Å². The van der Waals surface area contributed by atoms with Gasteiger partial charge in [0.2, 0.25) is 0 Å². The van der Waals surface area contributed by atoms with Gasteiger partial charge in [-0.1, -0.05) is 37.4 Å². The standard InChI is InChI=1S/C19H17O4P/c1-3-13-11-17(22-15(13)4-2)24(19-20-9-10-21-19)18-12-14-7-5-6-8-16(14)23-18/h3-8,11-12,19H,1-2,9-10H2. The highest BCUT2D eigenvalue weighted by atomic mass is 31.1. The number of furan rings is 2. The zero-order valence-corrected chi connectivity index (χ0v) is 14.0. The molecule has 1 aromatic carbocycles. The Morgan fingerprint density at radius 2 is 1.71 bits per heavy atom. The molecule has 1 aliphatic rings. The lowest BCUT2D eigenvalue weighted by Gasteiger charge is -2.18. The molecule has 1 saturated heterocycles. The normalized spacial score (nSPS) is 16.5. The first-order chi connectivity index (χ1) is 11.8. The van der Waals surface area contributed by atoms with E-state index in [-0.39, 0.29) is 6.03 Å². The average molecular weight is 340 g/mol. The number of ether oxygens (including phenoxy) is 2. The Hall–Kier alpha value is -2.13. The third kappa shape index (κ3) is 2.63. The fourth-order valence-electron chi connectivity index (χ4n) is 2.74. The summed E-state index contributed by atoms with van der Waals surface area (Å²) < 4.78 is 23.6. The molecule has 4 rings (SSSR count). The Bertz CT molecular complexity index is 827. The summed E-state index contributed by atoms with van der Waals surface area (Å²) in [7, 11) is -1.08. The van der Waals surface area contributed by atoms with Crippen LogP contribution in [0.25, 0.3) is 23.1 Å². The second-order valence-corrected chi connectivity index (χ2v) is 7.40. The van der Waals surface area contributed by atoms with Gasteiger partial charge in [-0.3, -0.25) is 0 Å². The minimum absolute atomic E-state index is 0.373. The second kappa shape index (κ2) is 6.40. The quantitative estimate of drug-likeness (QED) is 0.657. The molecule has 1 unspecified atom stereocenters. The molecule has 2 aromatic heterocycles. The van der Waals surface area contributed by atoms with Crippen LogP contribution in [0.2, 0.25) is 0 Å². The van der Waals surface area contributed by atoms with Crippen LogP contribution < -0.4 is 11.0 Å². The Morgan fingerprint density at radius 3 is 2.38 bits per heavy atom. The number of rotatable bonds is 5. The van der Waals surface area contributed by atoms with Crippen LogP contribution in [0, 0.1) is 0 Å². The number of benzene rings is 1. The fourth-order valence-corrected chi connectivity index (χ4v) is 4.83. The van der Waals surface area contributed by atoms with E-state index in [1.807, 2.05) is 36.4 Å². The molecule has 122 valence electrons. The predicted octanol–water partition coefficient (Wildman–Crippen LogP) is 4.07. The van der Waals surface area contributed by atoms with Gasteiger partial charge in [-0.05, 0) is 24.3 Å². The fraction of sp³-hybridized carbons (Fsp3) is 0.158. The average Bonchev–Trinajstić information content (AvgIpc) is 3.34. The number of fused-ring (bicyclic) bond motifs is 1. The molecule has 5 heteroatoms. The minimum atomic E-state index is -1.08. The SMILES string of the molecule is C=Cc1cc(P(c2cc3ccccc3o2)C2OCCO2)oc1C=C. The summed E-state index contributed by atoms with van der Waals surface area (Å²) in [6.07, 6.45) is 3.44. The molecular formula is C19H17O4P. The molecule has 24 heavy (non-hydrogen) atoms. The first kappa shape index (κ1) is 15.4. The van der Waals surface area contributed by atoms with Crippen molar-refractivity contribution in [1.29, 1.82) is 0 Å². The summed E-state index contributed by atoms with van der Waals surface area (Å²) in [5.74, 6) is 0.696. The van der Waals surface area contributed by atoms with Crippen molar-refractivity contribution in [3.8, 4) is 0 Å². The van der Waals surface area contributed by atoms with Crippen LogP contribution >= 0.6 is 7.92 Å². The van der Waals surface area contributed by atoms with Gasteiger partial charge < -0.3 is 18.3 Å². The van der Waals surface area contributed by atoms with Crippen molar-refractivity contribution in [2.75, 3.05) is 13.2 Å². The number of hydrogen-bond acceptors (Lipinski definition) is 4. The Labute approximate surface area is 141 Å². The van der Waals surface area contributed by atoms with Crippen LogP contribution in [-0.4, -0.2) is 19.2 Å². The van der Waals surface area contributed by atoms with Crippen LogP contribution in [0.3, 0.4) is 0 Å². The summed E-state index contributed by atoms with van der Waals surface area (Å²) in [6, 6.07) is 11.6. The molecule has 3 aromatic rings. The predicted molar refractivity (Wildman–Crippen MR) is 97.0 cm³/mol. The van der Waals surface area contributed by atoms with E-state index in [2.05, 4.69) is 13.2 Å². The molecule has 0 radical (unpaired) electrons. The molecule has 1 atom stereocenters. The van der Waals surface area contributed by atoms with E-state index in [1.165, 1.54) is 0 Å². The third-order valence-corrected chi connectivity index (χ3v) is 6.00. The monoisotopic (exact) mass is 340 g/mol. The molecule has 1 aliphatic heterocycles. The first-order valence-corrected chi connectivity index (χ1v) is 9.11. The molecule has 4 nitrogen and oxygen atoms in total. The van der Waals surface area contributed by atoms with E-state index in [0.29, 0.717) is 19.0 Å². The first-order valence-electron chi connectivity index (χ1n) is 7.70. The highest BCUT2D eigenvalue weighted by Crippen LogP contribution is 2.44. The van der Waals surface area contributed by atoms with Crippen LogP contribution in [0.15, 0.2) is 58.4 Å². The summed E-state index contributed by atoms with van der Waals surface area (Å²) in [6.45, 7) is 8.78. The second-order valence-electron chi connectivity index (χ2n) is 5.35. The summed E-state index contributed by atoms with van der Waals surface area (Å²) >= 11 is 0. The maximum atomic E-state index is 6.07. The van der Waals surface area contributed by atoms with Crippen molar-refractivity contribution in [2.45, 2.75) is 6.03 Å². The van der Waals surface area contributed by atoms with Gasteiger partial charge in [-0.2, -0.15) is 0 Å². The van der Waals surface area contributed by atoms with Crippen LogP contribution in [0.5, 0.6) is 0 Å².